The summed E-state index contributed by atoms with van der Waals surface area (Å²) in [5.41, 5.74) is 2.32. The Labute approximate surface area is 158 Å². The number of ether oxygens (including phenoxy) is 1. The molecule has 0 saturated carbocycles. The largest absolute Gasteiger partial charge is 0.468 e. The average molecular weight is 373 g/mol. The minimum absolute atomic E-state index is 0.191. The molecule has 0 unspecified atom stereocenters. The summed E-state index contributed by atoms with van der Waals surface area (Å²) < 4.78 is 7.42. The van der Waals surface area contributed by atoms with Gasteiger partial charge in [-0.2, -0.15) is 0 Å². The number of methoxy groups -OCH3 is 1. The fraction of sp³-hybridized carbons (Fsp3) is 0.250. The molecule has 1 aromatic heterocycles. The first-order valence-electron chi connectivity index (χ1n) is 8.08. The second kappa shape index (κ2) is 7.54. The summed E-state index contributed by atoms with van der Waals surface area (Å²) in [6, 6.07) is 18.9. The number of aromatic nitrogens is 2. The van der Waals surface area contributed by atoms with E-state index in [9.17, 15) is 0 Å². The number of rotatable bonds is 6. The van der Waals surface area contributed by atoms with Gasteiger partial charge in [0.15, 0.2) is 0 Å². The van der Waals surface area contributed by atoms with Gasteiger partial charge in [0.2, 0.25) is 0 Å². The van der Waals surface area contributed by atoms with E-state index >= 15 is 0 Å². The van der Waals surface area contributed by atoms with E-state index in [1.807, 2.05) is 42.6 Å². The number of imidazole rings is 1. The Morgan fingerprint density at radius 1 is 1.12 bits per heavy atom. The third-order valence-corrected chi connectivity index (χ3v) is 5.42. The predicted molar refractivity (Wildman–Crippen MR) is 105 cm³/mol. The SMILES string of the molecule is COc1ncc(C(C)(C)Sc2cccc(Cl)c2)n1Cc1ccccc1. The van der Waals surface area contributed by atoms with E-state index in [4.69, 9.17) is 16.3 Å². The zero-order chi connectivity index (χ0) is 17.9. The fourth-order valence-corrected chi connectivity index (χ4v) is 4.24. The first-order chi connectivity index (χ1) is 12.0. The molecule has 0 aliphatic carbocycles. The summed E-state index contributed by atoms with van der Waals surface area (Å²) in [7, 11) is 1.66. The lowest BCUT2D eigenvalue weighted by molar-refractivity contribution is 0.357. The molecule has 0 atom stereocenters. The molecule has 130 valence electrons. The number of hydrogen-bond acceptors (Lipinski definition) is 3. The summed E-state index contributed by atoms with van der Waals surface area (Å²) >= 11 is 7.89. The Morgan fingerprint density at radius 3 is 2.56 bits per heavy atom. The molecule has 3 nitrogen and oxygen atoms in total. The first-order valence-corrected chi connectivity index (χ1v) is 9.27. The van der Waals surface area contributed by atoms with E-state index in [1.165, 1.54) is 5.56 Å². The summed E-state index contributed by atoms with van der Waals surface area (Å²) in [5, 5.41) is 0.746. The minimum atomic E-state index is -0.191. The highest BCUT2D eigenvalue weighted by Gasteiger charge is 2.28. The summed E-state index contributed by atoms with van der Waals surface area (Å²) in [6.45, 7) is 5.10. The van der Waals surface area contributed by atoms with Gasteiger partial charge in [0, 0.05) is 9.92 Å². The van der Waals surface area contributed by atoms with Gasteiger partial charge < -0.3 is 4.74 Å². The maximum atomic E-state index is 6.13. The molecular formula is C20H21ClN2OS. The number of thioether (sulfide) groups is 1. The van der Waals surface area contributed by atoms with Crippen molar-refractivity contribution in [2.24, 2.45) is 0 Å². The quantitative estimate of drug-likeness (QED) is 0.525. The molecule has 0 radical (unpaired) electrons. The van der Waals surface area contributed by atoms with Crippen LogP contribution in [0.5, 0.6) is 6.01 Å². The van der Waals surface area contributed by atoms with Gasteiger partial charge in [-0.1, -0.05) is 48.0 Å². The van der Waals surface area contributed by atoms with E-state index in [1.54, 1.807) is 18.9 Å². The van der Waals surface area contributed by atoms with Gasteiger partial charge in [-0.15, -0.1) is 11.8 Å². The molecule has 2 aromatic carbocycles. The van der Waals surface area contributed by atoms with Crippen LogP contribution in [0.3, 0.4) is 0 Å². The van der Waals surface area contributed by atoms with Crippen molar-refractivity contribution in [1.29, 1.82) is 0 Å². The lowest BCUT2D eigenvalue weighted by atomic mass is 10.1. The van der Waals surface area contributed by atoms with Crippen molar-refractivity contribution in [3.05, 3.63) is 77.1 Å². The highest BCUT2D eigenvalue weighted by atomic mass is 35.5. The van der Waals surface area contributed by atoms with Gasteiger partial charge in [0.25, 0.3) is 6.01 Å². The Hall–Kier alpha value is -1.91. The normalized spacial score (nSPS) is 11.5. The highest BCUT2D eigenvalue weighted by Crippen LogP contribution is 2.42. The van der Waals surface area contributed by atoms with Crippen LogP contribution in [0.15, 0.2) is 65.7 Å². The van der Waals surface area contributed by atoms with Gasteiger partial charge in [-0.05, 0) is 37.6 Å². The minimum Gasteiger partial charge on any atom is -0.468 e. The van der Waals surface area contributed by atoms with Crippen LogP contribution in [-0.4, -0.2) is 16.7 Å². The Balaban J connectivity index is 1.94. The third kappa shape index (κ3) is 4.20. The van der Waals surface area contributed by atoms with E-state index in [2.05, 4.69) is 41.6 Å². The topological polar surface area (TPSA) is 27.1 Å². The molecule has 3 aromatic rings. The van der Waals surface area contributed by atoms with Crippen LogP contribution >= 0.6 is 23.4 Å². The second-order valence-electron chi connectivity index (χ2n) is 6.27. The van der Waals surface area contributed by atoms with Gasteiger partial charge >= 0.3 is 0 Å². The Morgan fingerprint density at radius 2 is 1.88 bits per heavy atom. The summed E-state index contributed by atoms with van der Waals surface area (Å²) in [5.74, 6) is 0. The Bertz CT molecular complexity index is 846. The molecule has 0 amide bonds. The molecule has 0 aliphatic rings. The smallest absolute Gasteiger partial charge is 0.296 e. The molecule has 0 N–H and O–H groups in total. The van der Waals surface area contributed by atoms with Crippen LogP contribution < -0.4 is 4.74 Å². The van der Waals surface area contributed by atoms with Crippen LogP contribution in [-0.2, 0) is 11.3 Å². The van der Waals surface area contributed by atoms with Crippen molar-refractivity contribution < 1.29 is 4.74 Å². The zero-order valence-corrected chi connectivity index (χ0v) is 16.1. The molecular weight excluding hydrogens is 352 g/mol. The molecule has 25 heavy (non-hydrogen) atoms. The molecule has 0 fully saturated rings. The second-order valence-corrected chi connectivity index (χ2v) is 8.40. The van der Waals surface area contributed by atoms with Crippen molar-refractivity contribution in [3.63, 3.8) is 0 Å². The van der Waals surface area contributed by atoms with Crippen LogP contribution in [0, 0.1) is 0 Å². The van der Waals surface area contributed by atoms with Crippen molar-refractivity contribution in [2.45, 2.75) is 30.0 Å². The monoisotopic (exact) mass is 372 g/mol. The molecule has 1 heterocycles. The zero-order valence-electron chi connectivity index (χ0n) is 14.6. The highest BCUT2D eigenvalue weighted by molar-refractivity contribution is 8.00. The maximum Gasteiger partial charge on any atom is 0.296 e. The van der Waals surface area contributed by atoms with Crippen LogP contribution in [0.1, 0.15) is 25.1 Å². The van der Waals surface area contributed by atoms with Crippen molar-refractivity contribution in [2.75, 3.05) is 7.11 Å². The standard InChI is InChI=1S/C20H21ClN2OS/c1-20(2,25-17-11-7-10-16(21)12-17)18-13-22-19(24-3)23(18)14-15-8-5-4-6-9-15/h4-13H,14H2,1-3H3. The molecule has 0 bridgehead atoms. The van der Waals surface area contributed by atoms with E-state index < -0.39 is 0 Å². The van der Waals surface area contributed by atoms with Gasteiger partial charge in [0.05, 0.1) is 30.3 Å². The van der Waals surface area contributed by atoms with Crippen LogP contribution in [0.4, 0.5) is 0 Å². The summed E-state index contributed by atoms with van der Waals surface area (Å²) in [6.07, 6.45) is 1.90. The lowest BCUT2D eigenvalue weighted by Gasteiger charge is -2.26. The first kappa shape index (κ1) is 17.9. The van der Waals surface area contributed by atoms with Gasteiger partial charge in [0.1, 0.15) is 0 Å². The van der Waals surface area contributed by atoms with E-state index in [0.717, 1.165) is 22.2 Å². The van der Waals surface area contributed by atoms with Crippen LogP contribution in [0.25, 0.3) is 0 Å². The molecule has 0 spiro atoms. The maximum absolute atomic E-state index is 6.13. The van der Waals surface area contributed by atoms with Crippen molar-refractivity contribution >= 4 is 23.4 Å². The molecule has 0 saturated heterocycles. The number of hydrogen-bond donors (Lipinski definition) is 0. The lowest BCUT2D eigenvalue weighted by Crippen LogP contribution is -2.19. The number of nitrogens with zero attached hydrogens (tertiary/aromatic N) is 2. The van der Waals surface area contributed by atoms with Gasteiger partial charge in [-0.3, -0.25) is 4.57 Å². The molecule has 3 rings (SSSR count). The van der Waals surface area contributed by atoms with E-state index in [-0.39, 0.29) is 4.75 Å². The third-order valence-electron chi connectivity index (χ3n) is 3.97. The number of halogens is 1. The van der Waals surface area contributed by atoms with Crippen molar-refractivity contribution in [1.82, 2.24) is 9.55 Å². The average Bonchev–Trinajstić information content (AvgIpc) is 2.99. The fourth-order valence-electron chi connectivity index (χ4n) is 2.80. The number of benzene rings is 2. The Kier molecular flexibility index (Phi) is 5.40. The molecule has 0 aliphatic heterocycles. The van der Waals surface area contributed by atoms with Gasteiger partial charge in [-0.25, -0.2) is 4.98 Å². The summed E-state index contributed by atoms with van der Waals surface area (Å²) in [4.78, 5) is 5.59. The molecule has 5 heteroatoms. The van der Waals surface area contributed by atoms with Crippen molar-refractivity contribution in [3.8, 4) is 6.01 Å². The predicted octanol–water partition coefficient (Wildman–Crippen LogP) is 5.62. The van der Waals surface area contributed by atoms with Crippen LogP contribution in [0.2, 0.25) is 5.02 Å². The van der Waals surface area contributed by atoms with E-state index in [0.29, 0.717) is 6.01 Å².